The van der Waals surface area contributed by atoms with Crippen LogP contribution in [0.25, 0.3) is 0 Å². The molecule has 0 amide bonds. The van der Waals surface area contributed by atoms with E-state index >= 15 is 0 Å². The fourth-order valence-corrected chi connectivity index (χ4v) is 0. The van der Waals surface area contributed by atoms with Crippen LogP contribution in [-0.2, 0) is 198 Å². The minimum absolute atomic E-state index is 0. The molecule has 0 atom stereocenters. The van der Waals surface area contributed by atoms with E-state index in [-0.39, 0.29) is 198 Å². The van der Waals surface area contributed by atoms with Crippen molar-refractivity contribution in [3.8, 4) is 0 Å². The molecule has 0 saturated heterocycles. The van der Waals surface area contributed by atoms with Crippen molar-refractivity contribution in [2.45, 2.75) is 0 Å². The SMILES string of the molecule is [Ni].[Ni].[Ni].[Ni].[Ni].[Ni].[Ni].[Ni].[Ni].[Ni].[Ni].[Ni]. The van der Waals surface area contributed by atoms with Crippen LogP contribution in [0.1, 0.15) is 0 Å². The predicted octanol–water partition coefficient (Wildman–Crippen LogP) is -0.0300. The van der Waals surface area contributed by atoms with Gasteiger partial charge in [-0.2, -0.15) is 0 Å². The van der Waals surface area contributed by atoms with Crippen LogP contribution >= 0.6 is 0 Å². The number of rotatable bonds is 0. The maximum Gasteiger partial charge on any atom is 0 e. The smallest absolute Gasteiger partial charge is 0 e. The van der Waals surface area contributed by atoms with E-state index in [1.807, 2.05) is 0 Å². The van der Waals surface area contributed by atoms with E-state index in [1.54, 1.807) is 0 Å². The summed E-state index contributed by atoms with van der Waals surface area (Å²) in [5.74, 6) is 0. The molecule has 12 heavy (non-hydrogen) atoms. The Hall–Kier alpha value is 5.92. The summed E-state index contributed by atoms with van der Waals surface area (Å²) in [6.45, 7) is 0. The summed E-state index contributed by atoms with van der Waals surface area (Å²) < 4.78 is 0. The average molecular weight is 704 g/mol. The summed E-state index contributed by atoms with van der Waals surface area (Å²) in [6.07, 6.45) is 0. The van der Waals surface area contributed by atoms with Crippen molar-refractivity contribution < 1.29 is 198 Å². The van der Waals surface area contributed by atoms with Gasteiger partial charge in [-0.1, -0.05) is 0 Å². The van der Waals surface area contributed by atoms with Crippen molar-refractivity contribution in [1.29, 1.82) is 0 Å². The third-order valence-corrected chi connectivity index (χ3v) is 0. The second kappa shape index (κ2) is 122. The summed E-state index contributed by atoms with van der Waals surface area (Å²) in [4.78, 5) is 0. The predicted molar refractivity (Wildman–Crippen MR) is 0 cm³/mol. The van der Waals surface area contributed by atoms with Gasteiger partial charge in [-0.15, -0.1) is 0 Å². The average Bonchev–Trinajstić information content (AvgIpc) is 0. The molecule has 0 aliphatic carbocycles. The Morgan fingerprint density at radius 2 is 0.0833 bits per heavy atom. The molecule has 0 aromatic rings. The first-order valence-corrected chi connectivity index (χ1v) is 0. The van der Waals surface area contributed by atoms with Crippen LogP contribution in [-0.4, -0.2) is 0 Å². The topological polar surface area (TPSA) is 0 Å². The molecule has 120 valence electrons. The van der Waals surface area contributed by atoms with Gasteiger partial charge < -0.3 is 0 Å². The first-order valence-electron chi connectivity index (χ1n) is 0. The fourth-order valence-electron chi connectivity index (χ4n) is 0. The molecule has 0 N–H and O–H groups in total. The molecule has 0 aliphatic rings. The Labute approximate surface area is 194 Å². The minimum atomic E-state index is 0. The maximum atomic E-state index is 0. The molecule has 0 heterocycles. The molecule has 0 saturated carbocycles. The van der Waals surface area contributed by atoms with E-state index in [0.29, 0.717) is 0 Å². The summed E-state index contributed by atoms with van der Waals surface area (Å²) >= 11 is 0. The van der Waals surface area contributed by atoms with Crippen molar-refractivity contribution in [3.05, 3.63) is 0 Å². The van der Waals surface area contributed by atoms with Crippen LogP contribution in [0.4, 0.5) is 0 Å². The molecule has 0 fully saturated rings. The first kappa shape index (κ1) is 146. The summed E-state index contributed by atoms with van der Waals surface area (Å²) in [7, 11) is 0. The van der Waals surface area contributed by atoms with E-state index in [0.717, 1.165) is 0 Å². The molecule has 0 aromatic heterocycles. The Morgan fingerprint density at radius 3 is 0.0833 bits per heavy atom. The van der Waals surface area contributed by atoms with Gasteiger partial charge in [-0.3, -0.25) is 0 Å². The van der Waals surface area contributed by atoms with Gasteiger partial charge in [0.05, 0.1) is 0 Å². The van der Waals surface area contributed by atoms with Crippen molar-refractivity contribution in [3.63, 3.8) is 0 Å². The molecule has 0 nitrogen and oxygen atoms in total. The second-order valence-corrected chi connectivity index (χ2v) is 0. The molecule has 0 rings (SSSR count). The molecular formula is Ni12. The zero-order valence-corrected chi connectivity index (χ0v) is 15.6. The van der Waals surface area contributed by atoms with Gasteiger partial charge in [-0.05, 0) is 0 Å². The normalized spacial score (nSPS) is 0. The third-order valence-electron chi connectivity index (χ3n) is 0. The second-order valence-electron chi connectivity index (χ2n) is 0. The van der Waals surface area contributed by atoms with E-state index in [4.69, 9.17) is 0 Å². The van der Waals surface area contributed by atoms with E-state index in [9.17, 15) is 0 Å². The Kier molecular flexibility index (Phi) is 1490. The molecule has 0 unspecified atom stereocenters. The fraction of sp³-hybridized carbons (Fsp3) is 0. The van der Waals surface area contributed by atoms with Gasteiger partial charge in [0.25, 0.3) is 0 Å². The van der Waals surface area contributed by atoms with Gasteiger partial charge in [0, 0.05) is 198 Å². The summed E-state index contributed by atoms with van der Waals surface area (Å²) in [6, 6.07) is 0. The van der Waals surface area contributed by atoms with E-state index < -0.39 is 0 Å². The molecule has 12 heteroatoms. The Bertz CT molecular complexity index is 0. The zero-order chi connectivity index (χ0) is 0. The largest absolute Gasteiger partial charge is 0 e. The number of hydrogen-bond donors (Lipinski definition) is 0. The van der Waals surface area contributed by atoms with Crippen molar-refractivity contribution >= 4 is 0 Å². The van der Waals surface area contributed by atoms with Gasteiger partial charge in [0.15, 0.2) is 0 Å². The standard InChI is InChI=1S/12Ni. The minimum Gasteiger partial charge on any atom is 0 e. The van der Waals surface area contributed by atoms with Crippen LogP contribution < -0.4 is 0 Å². The molecule has 0 spiro atoms. The summed E-state index contributed by atoms with van der Waals surface area (Å²) in [5, 5.41) is 0. The quantitative estimate of drug-likeness (QED) is 0.312. The van der Waals surface area contributed by atoms with Gasteiger partial charge >= 0.3 is 0 Å². The monoisotopic (exact) mass is 695 g/mol. The maximum absolute atomic E-state index is 0. The summed E-state index contributed by atoms with van der Waals surface area (Å²) in [5.41, 5.74) is 0. The van der Waals surface area contributed by atoms with Crippen molar-refractivity contribution in [2.24, 2.45) is 0 Å². The van der Waals surface area contributed by atoms with Gasteiger partial charge in [0.1, 0.15) is 0 Å². The van der Waals surface area contributed by atoms with Gasteiger partial charge in [0.2, 0.25) is 0 Å². The van der Waals surface area contributed by atoms with Crippen molar-refractivity contribution in [2.75, 3.05) is 0 Å². The van der Waals surface area contributed by atoms with Crippen LogP contribution in [0.3, 0.4) is 0 Å². The van der Waals surface area contributed by atoms with Crippen LogP contribution in [0.15, 0.2) is 0 Å². The Balaban J connectivity index is 0. The van der Waals surface area contributed by atoms with Crippen LogP contribution in [0.2, 0.25) is 0 Å². The van der Waals surface area contributed by atoms with Gasteiger partial charge in [-0.25, -0.2) is 0 Å². The van der Waals surface area contributed by atoms with E-state index in [1.165, 1.54) is 0 Å². The molecular weight excluding hydrogens is 704 g/mol. The van der Waals surface area contributed by atoms with Crippen molar-refractivity contribution in [1.82, 2.24) is 0 Å². The Morgan fingerprint density at radius 1 is 0.0833 bits per heavy atom. The molecule has 0 aromatic carbocycles. The third kappa shape index (κ3) is 101. The molecule has 0 aliphatic heterocycles. The molecule has 0 radical (unpaired) electrons. The van der Waals surface area contributed by atoms with Crippen LogP contribution in [0, 0.1) is 0 Å². The first-order chi connectivity index (χ1) is 0. The zero-order valence-electron chi connectivity index (χ0n) is 3.79. The van der Waals surface area contributed by atoms with Crippen LogP contribution in [0.5, 0.6) is 0 Å². The van der Waals surface area contributed by atoms with E-state index in [2.05, 4.69) is 0 Å². The molecule has 0 bridgehead atoms. The number of hydrogen-bond acceptors (Lipinski definition) is 0.